The maximum absolute atomic E-state index is 2.40. The van der Waals surface area contributed by atoms with Crippen LogP contribution < -0.4 is 0 Å². The Bertz CT molecular complexity index is 1390. The Morgan fingerprint density at radius 2 is 0.811 bits per heavy atom. The van der Waals surface area contributed by atoms with Crippen molar-refractivity contribution in [3.8, 4) is 5.69 Å². The average molecular weight is 482 g/mol. The fourth-order valence-electron chi connectivity index (χ4n) is 5.29. The third-order valence-corrected chi connectivity index (χ3v) is 7.50. The molecule has 0 saturated carbocycles. The third-order valence-electron chi connectivity index (χ3n) is 7.50. The van der Waals surface area contributed by atoms with Crippen LogP contribution in [0.5, 0.6) is 0 Å². The van der Waals surface area contributed by atoms with Gasteiger partial charge in [-0.15, -0.1) is 0 Å². The number of hydrogen-bond donors (Lipinski definition) is 0. The molecule has 0 radical (unpaired) electrons. The molecule has 0 fully saturated rings. The maximum Gasteiger partial charge on any atom is 0.0538 e. The van der Waals surface area contributed by atoms with E-state index in [-0.39, 0.29) is 10.8 Å². The van der Waals surface area contributed by atoms with Crippen molar-refractivity contribution in [2.75, 3.05) is 0 Å². The number of allylic oxidation sites excluding steroid dienone is 4. The normalized spacial score (nSPS) is 21.3. The molecule has 2 aliphatic rings. The summed E-state index contributed by atoms with van der Waals surface area (Å²) >= 11 is 0. The van der Waals surface area contributed by atoms with E-state index >= 15 is 0 Å². The van der Waals surface area contributed by atoms with Crippen LogP contribution in [-0.4, -0.2) is 4.57 Å². The van der Waals surface area contributed by atoms with Crippen molar-refractivity contribution in [3.63, 3.8) is 0 Å². The lowest BCUT2D eigenvalue weighted by atomic mass is 9.82. The third kappa shape index (κ3) is 4.47. The van der Waals surface area contributed by atoms with Crippen LogP contribution in [0.4, 0.5) is 0 Å². The first-order valence-electron chi connectivity index (χ1n) is 13.3. The smallest absolute Gasteiger partial charge is 0.0538 e. The Morgan fingerprint density at radius 3 is 1.22 bits per heavy atom. The van der Waals surface area contributed by atoms with E-state index in [4.69, 9.17) is 0 Å². The molecule has 1 heteroatoms. The van der Waals surface area contributed by atoms with Gasteiger partial charge >= 0.3 is 0 Å². The standard InChI is InChI=1S/C34H29N.C2H6/c1-33(26-12-6-3-7-13-26)22-18-29-30-19-23-34(2,27-14-8-4-9-15-27)25-21-32(30)35(31(29)20-24-33)28-16-10-5-11-17-28;1-2/h3-25H,1-2H3;1-2H3. The van der Waals surface area contributed by atoms with Gasteiger partial charge in [0.2, 0.25) is 0 Å². The van der Waals surface area contributed by atoms with Gasteiger partial charge in [-0.25, -0.2) is 0 Å². The van der Waals surface area contributed by atoms with Crippen molar-refractivity contribution in [3.05, 3.63) is 149 Å². The van der Waals surface area contributed by atoms with E-state index in [0.717, 1.165) is 0 Å². The molecule has 4 aromatic rings. The van der Waals surface area contributed by atoms with Crippen molar-refractivity contribution in [1.82, 2.24) is 4.57 Å². The maximum atomic E-state index is 2.40. The Balaban J connectivity index is 0.00000137. The highest BCUT2D eigenvalue weighted by Crippen LogP contribution is 2.40. The van der Waals surface area contributed by atoms with Crippen LogP contribution in [0, 0.1) is 0 Å². The van der Waals surface area contributed by atoms with Crippen molar-refractivity contribution in [1.29, 1.82) is 0 Å². The summed E-state index contributed by atoms with van der Waals surface area (Å²) in [5, 5.41) is 0. The second-order valence-electron chi connectivity index (χ2n) is 9.90. The number of fused-ring (bicyclic) bond motifs is 3. The largest absolute Gasteiger partial charge is 0.309 e. The molecule has 0 bridgehead atoms. The molecule has 2 atom stereocenters. The summed E-state index contributed by atoms with van der Waals surface area (Å²) in [5.74, 6) is 0. The van der Waals surface area contributed by atoms with Gasteiger partial charge in [0.05, 0.1) is 11.4 Å². The molecule has 6 rings (SSSR count). The molecule has 2 unspecified atom stereocenters. The minimum Gasteiger partial charge on any atom is -0.309 e. The number of para-hydroxylation sites is 1. The molecule has 2 aliphatic carbocycles. The molecule has 0 N–H and O–H groups in total. The van der Waals surface area contributed by atoms with Crippen LogP contribution in [0.3, 0.4) is 0 Å². The van der Waals surface area contributed by atoms with Gasteiger partial charge < -0.3 is 4.57 Å². The quantitative estimate of drug-likeness (QED) is 0.274. The minimum absolute atomic E-state index is 0.169. The Hall–Kier alpha value is -4.10. The molecule has 0 saturated heterocycles. The lowest BCUT2D eigenvalue weighted by molar-refractivity contribution is 0.766. The molecule has 37 heavy (non-hydrogen) atoms. The van der Waals surface area contributed by atoms with Gasteiger partial charge in [0.1, 0.15) is 0 Å². The number of rotatable bonds is 3. The van der Waals surface area contributed by atoms with E-state index in [0.29, 0.717) is 0 Å². The summed E-state index contributed by atoms with van der Waals surface area (Å²) in [5.41, 5.74) is 8.38. The highest BCUT2D eigenvalue weighted by molar-refractivity contribution is 5.84. The molecular formula is C36H35N. The fraction of sp³-hybridized carbons (Fsp3) is 0.167. The van der Waals surface area contributed by atoms with E-state index in [1.165, 1.54) is 39.3 Å². The van der Waals surface area contributed by atoms with Crippen molar-refractivity contribution >= 4 is 24.3 Å². The fourth-order valence-corrected chi connectivity index (χ4v) is 5.29. The molecule has 184 valence electrons. The SMILES string of the molecule is CC.CC1(c2ccccc2)C=Cc2c3c(n(-c4ccccc4)c2C=C1)C=CC(C)(c1ccccc1)C=C3. The molecule has 0 spiro atoms. The van der Waals surface area contributed by atoms with Gasteiger partial charge in [-0.3, -0.25) is 0 Å². The van der Waals surface area contributed by atoms with Crippen molar-refractivity contribution in [2.24, 2.45) is 0 Å². The van der Waals surface area contributed by atoms with Crippen molar-refractivity contribution in [2.45, 2.75) is 38.5 Å². The molecule has 0 amide bonds. The second-order valence-corrected chi connectivity index (χ2v) is 9.90. The van der Waals surface area contributed by atoms with E-state index in [9.17, 15) is 0 Å². The predicted molar refractivity (Wildman–Crippen MR) is 161 cm³/mol. The van der Waals surface area contributed by atoms with Gasteiger partial charge in [-0.2, -0.15) is 0 Å². The minimum atomic E-state index is -0.169. The number of hydrogen-bond acceptors (Lipinski definition) is 0. The van der Waals surface area contributed by atoms with Gasteiger partial charge in [-0.05, 0) is 49.3 Å². The van der Waals surface area contributed by atoms with Crippen molar-refractivity contribution < 1.29 is 0 Å². The highest BCUT2D eigenvalue weighted by atomic mass is 15.0. The van der Waals surface area contributed by atoms with Crippen LogP contribution in [0.2, 0.25) is 0 Å². The van der Waals surface area contributed by atoms with Gasteiger partial charge in [0.15, 0.2) is 0 Å². The summed E-state index contributed by atoms with van der Waals surface area (Å²) in [6, 6.07) is 32.2. The highest BCUT2D eigenvalue weighted by Gasteiger charge is 2.28. The molecule has 0 aliphatic heterocycles. The van der Waals surface area contributed by atoms with Crippen LogP contribution in [0.1, 0.15) is 61.3 Å². The first kappa shape index (κ1) is 24.6. The Labute approximate surface area is 221 Å². The van der Waals surface area contributed by atoms with E-state index in [2.05, 4.69) is 158 Å². The first-order valence-corrected chi connectivity index (χ1v) is 13.3. The summed E-state index contributed by atoms with van der Waals surface area (Å²) in [7, 11) is 0. The predicted octanol–water partition coefficient (Wildman–Crippen LogP) is 9.50. The average Bonchev–Trinajstić information content (AvgIpc) is 3.04. The number of nitrogens with zero attached hydrogens (tertiary/aromatic N) is 1. The Morgan fingerprint density at radius 1 is 0.459 bits per heavy atom. The zero-order valence-corrected chi connectivity index (χ0v) is 22.2. The first-order chi connectivity index (χ1) is 18.1. The Kier molecular flexibility index (Phi) is 6.72. The van der Waals surface area contributed by atoms with Gasteiger partial charge in [0, 0.05) is 27.6 Å². The molecule has 1 nitrogen and oxygen atoms in total. The van der Waals surface area contributed by atoms with E-state index in [1.807, 2.05) is 13.8 Å². The second kappa shape index (κ2) is 10.1. The summed E-state index contributed by atoms with van der Waals surface area (Å²) in [4.78, 5) is 0. The van der Waals surface area contributed by atoms with E-state index < -0.39 is 0 Å². The van der Waals surface area contributed by atoms with Gasteiger partial charge in [-0.1, -0.05) is 129 Å². The number of benzene rings is 3. The summed E-state index contributed by atoms with van der Waals surface area (Å²) in [6.45, 7) is 8.57. The molecule has 1 heterocycles. The van der Waals surface area contributed by atoms with Crippen LogP contribution in [0.25, 0.3) is 30.0 Å². The van der Waals surface area contributed by atoms with Crippen LogP contribution >= 0.6 is 0 Å². The summed E-state index contributed by atoms with van der Waals surface area (Å²) < 4.78 is 2.40. The topological polar surface area (TPSA) is 4.93 Å². The van der Waals surface area contributed by atoms with Crippen LogP contribution in [0.15, 0.2) is 115 Å². The molecule has 3 aromatic carbocycles. The molecule has 1 aromatic heterocycles. The lowest BCUT2D eigenvalue weighted by Crippen LogP contribution is -2.14. The zero-order valence-electron chi connectivity index (χ0n) is 22.2. The number of aromatic nitrogens is 1. The van der Waals surface area contributed by atoms with E-state index in [1.54, 1.807) is 0 Å². The monoisotopic (exact) mass is 481 g/mol. The van der Waals surface area contributed by atoms with Gasteiger partial charge in [0.25, 0.3) is 0 Å². The molecular weight excluding hydrogens is 446 g/mol. The van der Waals surface area contributed by atoms with Crippen LogP contribution in [-0.2, 0) is 10.8 Å². The zero-order chi connectivity index (χ0) is 25.9. The lowest BCUT2D eigenvalue weighted by Gasteiger charge is -2.22. The summed E-state index contributed by atoms with van der Waals surface area (Å²) in [6.07, 6.45) is 18.6.